The molecule has 0 fully saturated rings. The van der Waals surface area contributed by atoms with Gasteiger partial charge in [-0.3, -0.25) is 4.79 Å². The Kier molecular flexibility index (Phi) is 3.90. The van der Waals surface area contributed by atoms with E-state index in [1.54, 1.807) is 7.11 Å². The van der Waals surface area contributed by atoms with Crippen LogP contribution in [0.25, 0.3) is 10.9 Å². The number of hydrogen-bond donors (Lipinski definition) is 2. The number of H-pyrrole nitrogens is 1. The molecule has 2 aromatic rings. The maximum atomic E-state index is 12.3. The number of fused-ring (bicyclic) bond motifs is 1. The van der Waals surface area contributed by atoms with E-state index in [0.717, 1.165) is 16.6 Å². The van der Waals surface area contributed by atoms with Crippen molar-refractivity contribution >= 4 is 16.8 Å². The lowest BCUT2D eigenvalue weighted by molar-refractivity contribution is 0.0907. The molecule has 2 N–H and O–H groups in total. The lowest BCUT2D eigenvalue weighted by Crippen LogP contribution is -2.35. The molecular weight excluding hydrogens is 240 g/mol. The molecule has 19 heavy (non-hydrogen) atoms. The van der Waals surface area contributed by atoms with Crippen LogP contribution in [0.5, 0.6) is 0 Å². The maximum Gasteiger partial charge on any atom is 0.253 e. The predicted octanol–water partition coefficient (Wildman–Crippen LogP) is 2.55. The number of amides is 1. The van der Waals surface area contributed by atoms with Crippen molar-refractivity contribution in [2.75, 3.05) is 13.7 Å². The second-order valence-electron chi connectivity index (χ2n) is 4.93. The van der Waals surface area contributed by atoms with E-state index in [4.69, 9.17) is 4.74 Å². The number of aromatic amines is 1. The minimum Gasteiger partial charge on any atom is -0.383 e. The van der Waals surface area contributed by atoms with Crippen LogP contribution in [0.3, 0.4) is 0 Å². The third kappa shape index (κ3) is 2.63. The standard InChI is InChI=1S/C15H20N2O2/c1-9(8-19-4)16-15(18)13-7-5-6-12-10(2)11(3)17-14(12)13/h5-7,9,17H,8H2,1-4H3,(H,16,18)/t9-/m0/s1. The molecule has 1 heterocycles. The Morgan fingerprint density at radius 2 is 2.16 bits per heavy atom. The highest BCUT2D eigenvalue weighted by Crippen LogP contribution is 2.24. The molecule has 0 aliphatic carbocycles. The number of para-hydroxylation sites is 1. The lowest BCUT2D eigenvalue weighted by atomic mass is 10.1. The second kappa shape index (κ2) is 5.45. The fourth-order valence-electron chi connectivity index (χ4n) is 2.27. The SMILES string of the molecule is COC[C@H](C)NC(=O)c1cccc2c(C)c(C)[nH]c12. The highest BCUT2D eigenvalue weighted by molar-refractivity contribution is 6.06. The smallest absolute Gasteiger partial charge is 0.253 e. The van der Waals surface area contributed by atoms with Gasteiger partial charge in [0.05, 0.1) is 17.7 Å². The van der Waals surface area contributed by atoms with Crippen molar-refractivity contribution < 1.29 is 9.53 Å². The van der Waals surface area contributed by atoms with E-state index in [1.807, 2.05) is 32.0 Å². The van der Waals surface area contributed by atoms with Crippen LogP contribution in [-0.2, 0) is 4.74 Å². The molecule has 1 aromatic heterocycles. The Balaban J connectivity index is 2.35. The summed E-state index contributed by atoms with van der Waals surface area (Å²) >= 11 is 0. The summed E-state index contributed by atoms with van der Waals surface area (Å²) in [6, 6.07) is 5.78. The number of carbonyl (C=O) groups is 1. The Labute approximate surface area is 113 Å². The average molecular weight is 260 g/mol. The minimum atomic E-state index is -0.0728. The molecule has 0 bridgehead atoms. The first-order valence-corrected chi connectivity index (χ1v) is 6.42. The van der Waals surface area contributed by atoms with Crippen molar-refractivity contribution in [2.45, 2.75) is 26.8 Å². The summed E-state index contributed by atoms with van der Waals surface area (Å²) in [5, 5.41) is 4.04. The summed E-state index contributed by atoms with van der Waals surface area (Å²) in [5.74, 6) is -0.0728. The highest BCUT2D eigenvalue weighted by Gasteiger charge is 2.15. The van der Waals surface area contributed by atoms with Gasteiger partial charge in [-0.2, -0.15) is 0 Å². The van der Waals surface area contributed by atoms with Crippen molar-refractivity contribution in [1.29, 1.82) is 0 Å². The van der Waals surface area contributed by atoms with Crippen LogP contribution in [0.1, 0.15) is 28.5 Å². The van der Waals surface area contributed by atoms with Crippen molar-refractivity contribution in [1.82, 2.24) is 10.3 Å². The monoisotopic (exact) mass is 260 g/mol. The average Bonchev–Trinajstić information content (AvgIpc) is 2.65. The zero-order valence-corrected chi connectivity index (χ0v) is 11.8. The van der Waals surface area contributed by atoms with Crippen LogP contribution in [-0.4, -0.2) is 30.6 Å². The lowest BCUT2D eigenvalue weighted by Gasteiger charge is -2.13. The van der Waals surface area contributed by atoms with Crippen molar-refractivity contribution in [3.63, 3.8) is 0 Å². The van der Waals surface area contributed by atoms with E-state index >= 15 is 0 Å². The van der Waals surface area contributed by atoms with Gasteiger partial charge in [0, 0.05) is 24.2 Å². The molecule has 0 unspecified atom stereocenters. The molecule has 4 heteroatoms. The summed E-state index contributed by atoms with van der Waals surface area (Å²) in [6.07, 6.45) is 0. The van der Waals surface area contributed by atoms with Crippen LogP contribution in [0.15, 0.2) is 18.2 Å². The van der Waals surface area contributed by atoms with Gasteiger partial charge in [-0.15, -0.1) is 0 Å². The zero-order valence-electron chi connectivity index (χ0n) is 11.8. The number of methoxy groups -OCH3 is 1. The quantitative estimate of drug-likeness (QED) is 0.887. The number of ether oxygens (including phenoxy) is 1. The first-order valence-electron chi connectivity index (χ1n) is 6.42. The third-order valence-electron chi connectivity index (χ3n) is 3.38. The van der Waals surface area contributed by atoms with Gasteiger partial charge in [-0.1, -0.05) is 12.1 Å². The topological polar surface area (TPSA) is 54.1 Å². The number of hydrogen-bond acceptors (Lipinski definition) is 2. The van der Waals surface area contributed by atoms with Crippen molar-refractivity contribution in [2.24, 2.45) is 0 Å². The maximum absolute atomic E-state index is 12.3. The van der Waals surface area contributed by atoms with Crippen LogP contribution >= 0.6 is 0 Å². The van der Waals surface area contributed by atoms with Gasteiger partial charge < -0.3 is 15.0 Å². The summed E-state index contributed by atoms with van der Waals surface area (Å²) < 4.78 is 5.03. The molecule has 1 atom stereocenters. The Morgan fingerprint density at radius 3 is 2.84 bits per heavy atom. The van der Waals surface area contributed by atoms with Gasteiger partial charge in [0.25, 0.3) is 5.91 Å². The normalized spacial score (nSPS) is 12.6. The van der Waals surface area contributed by atoms with E-state index in [0.29, 0.717) is 12.2 Å². The largest absolute Gasteiger partial charge is 0.383 e. The van der Waals surface area contributed by atoms with Gasteiger partial charge in [0.15, 0.2) is 0 Å². The first kappa shape index (κ1) is 13.6. The van der Waals surface area contributed by atoms with Crippen LogP contribution in [0.4, 0.5) is 0 Å². The van der Waals surface area contributed by atoms with Gasteiger partial charge >= 0.3 is 0 Å². The number of benzene rings is 1. The van der Waals surface area contributed by atoms with Gasteiger partial charge in [0.2, 0.25) is 0 Å². The van der Waals surface area contributed by atoms with E-state index in [-0.39, 0.29) is 11.9 Å². The summed E-state index contributed by atoms with van der Waals surface area (Å²) in [6.45, 7) is 6.51. The molecule has 0 aliphatic heterocycles. The van der Waals surface area contributed by atoms with Crippen molar-refractivity contribution in [3.05, 3.63) is 35.0 Å². The van der Waals surface area contributed by atoms with Gasteiger partial charge in [-0.05, 0) is 32.4 Å². The summed E-state index contributed by atoms with van der Waals surface area (Å²) in [4.78, 5) is 15.6. The molecule has 1 amide bonds. The van der Waals surface area contributed by atoms with Crippen molar-refractivity contribution in [3.8, 4) is 0 Å². The third-order valence-corrected chi connectivity index (χ3v) is 3.38. The molecule has 4 nitrogen and oxygen atoms in total. The molecule has 0 saturated carbocycles. The predicted molar refractivity (Wildman–Crippen MR) is 76.6 cm³/mol. The van der Waals surface area contributed by atoms with E-state index in [1.165, 1.54) is 5.56 Å². The second-order valence-corrected chi connectivity index (χ2v) is 4.93. The van der Waals surface area contributed by atoms with Gasteiger partial charge in [0.1, 0.15) is 0 Å². The Morgan fingerprint density at radius 1 is 1.42 bits per heavy atom. The number of aromatic nitrogens is 1. The number of rotatable bonds is 4. The highest BCUT2D eigenvalue weighted by atomic mass is 16.5. The Bertz CT molecular complexity index is 601. The molecular formula is C15H20N2O2. The van der Waals surface area contributed by atoms with Crippen LogP contribution in [0.2, 0.25) is 0 Å². The molecule has 0 radical (unpaired) electrons. The zero-order chi connectivity index (χ0) is 14.0. The minimum absolute atomic E-state index is 0.00934. The van der Waals surface area contributed by atoms with E-state index in [9.17, 15) is 4.79 Å². The number of nitrogens with one attached hydrogen (secondary N) is 2. The molecule has 1 aromatic carbocycles. The molecule has 0 spiro atoms. The molecule has 2 rings (SSSR count). The number of carbonyl (C=O) groups excluding carboxylic acids is 1. The summed E-state index contributed by atoms with van der Waals surface area (Å²) in [5.41, 5.74) is 3.87. The summed E-state index contributed by atoms with van der Waals surface area (Å²) in [7, 11) is 1.63. The first-order chi connectivity index (χ1) is 9.04. The Hall–Kier alpha value is -1.81. The molecule has 102 valence electrons. The van der Waals surface area contributed by atoms with E-state index < -0.39 is 0 Å². The molecule has 0 saturated heterocycles. The number of aryl methyl sites for hydroxylation is 2. The van der Waals surface area contributed by atoms with Crippen LogP contribution < -0.4 is 5.32 Å². The van der Waals surface area contributed by atoms with Gasteiger partial charge in [-0.25, -0.2) is 0 Å². The fourth-order valence-corrected chi connectivity index (χ4v) is 2.27. The molecule has 0 aliphatic rings. The van der Waals surface area contributed by atoms with E-state index in [2.05, 4.69) is 17.2 Å². The fraction of sp³-hybridized carbons (Fsp3) is 0.400. The van der Waals surface area contributed by atoms with Crippen LogP contribution in [0, 0.1) is 13.8 Å².